The molecule has 0 rings (SSSR count). The Hall–Kier alpha value is 0.411. The summed E-state index contributed by atoms with van der Waals surface area (Å²) in [6.45, 7) is 0. The molecule has 0 aliphatic rings. The van der Waals surface area contributed by atoms with Gasteiger partial charge in [-0.25, -0.2) is 0 Å². The molecule has 6 nitrogen and oxygen atoms in total. The summed E-state index contributed by atoms with van der Waals surface area (Å²) in [7, 11) is 6.02. The lowest BCUT2D eigenvalue weighted by Gasteiger charge is -2.21. The van der Waals surface area contributed by atoms with E-state index in [0.717, 1.165) is 37.4 Å². The lowest BCUT2D eigenvalue weighted by atomic mass is 10.0. The van der Waals surface area contributed by atoms with Crippen LogP contribution in [0, 0.1) is 5.92 Å². The molecular weight excluding hydrogens is 336 g/mol. The van der Waals surface area contributed by atoms with E-state index in [-0.39, 0.29) is 0 Å². The van der Waals surface area contributed by atoms with E-state index in [1.165, 1.54) is 0 Å². The van der Waals surface area contributed by atoms with E-state index in [0.29, 0.717) is 5.92 Å². The van der Waals surface area contributed by atoms with Gasteiger partial charge in [-0.1, -0.05) is 0 Å². The third kappa shape index (κ3) is 10.2. The van der Waals surface area contributed by atoms with E-state index in [2.05, 4.69) is 0 Å². The molecule has 0 aliphatic carbocycles. The summed E-state index contributed by atoms with van der Waals surface area (Å²) in [5, 5.41) is 0. The Kier molecular flexibility index (Phi) is 15.2. The van der Waals surface area contributed by atoms with Crippen LogP contribution in [0.1, 0.15) is 19.3 Å². The summed E-state index contributed by atoms with van der Waals surface area (Å²) < 4.78 is 32.5. The average molecular weight is 371 g/mol. The van der Waals surface area contributed by atoms with Gasteiger partial charge >= 0.3 is 27.9 Å². The highest BCUT2D eigenvalue weighted by molar-refractivity contribution is 6.45. The second-order valence-corrected chi connectivity index (χ2v) is 12.4. The molecule has 9 heteroatoms. The first-order valence-corrected chi connectivity index (χ1v) is 13.1. The van der Waals surface area contributed by atoms with Crippen molar-refractivity contribution >= 4 is 27.9 Å². The number of hydrogen-bond acceptors (Lipinski definition) is 6. The van der Waals surface area contributed by atoms with Crippen LogP contribution < -0.4 is 0 Å². The molecule has 0 radical (unpaired) electrons. The fourth-order valence-corrected chi connectivity index (χ4v) is 6.77. The van der Waals surface area contributed by atoms with Crippen molar-refractivity contribution < 1.29 is 26.6 Å². The molecule has 0 aromatic carbocycles. The van der Waals surface area contributed by atoms with Crippen LogP contribution in [-0.2, 0) is 26.6 Å². The molecule has 0 atom stereocenters. The predicted octanol–water partition coefficient (Wildman–Crippen LogP) is 1.31. The molecule has 0 saturated heterocycles. The number of rotatable bonds is 15. The molecule has 0 saturated carbocycles. The maximum absolute atomic E-state index is 5.42. The van der Waals surface area contributed by atoms with Crippen LogP contribution in [0.5, 0.6) is 0 Å². The fourth-order valence-electron chi connectivity index (χ4n) is 2.54. The van der Waals surface area contributed by atoms with Crippen molar-refractivity contribution in [1.82, 2.24) is 0 Å². The van der Waals surface area contributed by atoms with Crippen molar-refractivity contribution in [3.8, 4) is 0 Å². The van der Waals surface area contributed by atoms with Gasteiger partial charge < -0.3 is 26.6 Å². The second-order valence-electron chi connectivity index (χ2n) is 5.30. The van der Waals surface area contributed by atoms with E-state index >= 15 is 0 Å². The Bertz CT molecular complexity index is 200. The Labute approximate surface area is 140 Å². The molecule has 0 aromatic rings. The predicted molar refractivity (Wildman–Crippen MR) is 95.3 cm³/mol. The molecule has 0 bridgehead atoms. The minimum atomic E-state index is -1.48. The highest BCUT2D eigenvalue weighted by atomic mass is 28.3. The van der Waals surface area contributed by atoms with E-state index in [1.807, 2.05) is 0 Å². The normalized spacial score (nSPS) is 12.3. The minimum Gasteiger partial charge on any atom is -0.400 e. The van der Waals surface area contributed by atoms with E-state index in [9.17, 15) is 0 Å². The smallest absolute Gasteiger partial charge is 0.320 e. The molecule has 0 spiro atoms. The van der Waals surface area contributed by atoms with E-state index in [1.54, 1.807) is 42.7 Å². The molecule has 0 N–H and O–H groups in total. The van der Waals surface area contributed by atoms with Crippen molar-refractivity contribution in [2.75, 3.05) is 42.7 Å². The summed E-state index contributed by atoms with van der Waals surface area (Å²) in [5.74, 6) is 0.626. The van der Waals surface area contributed by atoms with Gasteiger partial charge in [0.1, 0.15) is 0 Å². The zero-order valence-electron chi connectivity index (χ0n) is 15.0. The Morgan fingerprint density at radius 2 is 0.727 bits per heavy atom. The van der Waals surface area contributed by atoms with Gasteiger partial charge in [-0.3, -0.25) is 0 Å². The first-order valence-electron chi connectivity index (χ1n) is 7.81. The molecule has 0 unspecified atom stereocenters. The fraction of sp³-hybridized carbons (Fsp3) is 1.00. The van der Waals surface area contributed by atoms with E-state index in [4.69, 9.17) is 26.6 Å². The van der Waals surface area contributed by atoms with Crippen molar-refractivity contribution in [2.45, 2.75) is 37.4 Å². The van der Waals surface area contributed by atoms with Crippen molar-refractivity contribution in [2.24, 2.45) is 5.92 Å². The summed E-state index contributed by atoms with van der Waals surface area (Å²) in [4.78, 5) is 0. The Morgan fingerprint density at radius 1 is 0.500 bits per heavy atom. The monoisotopic (exact) mass is 370 g/mol. The first kappa shape index (κ1) is 22.4. The van der Waals surface area contributed by atoms with Crippen molar-refractivity contribution in [3.05, 3.63) is 0 Å². The molecule has 0 aliphatic heterocycles. The molecule has 0 amide bonds. The second kappa shape index (κ2) is 15.0. The SMILES string of the molecule is CO[SiH](CCC(CC[SiH](OC)OC)CC[SiH](OC)OC)OC. The molecular formula is C13H34O6Si3. The molecule has 0 heterocycles. The first-order chi connectivity index (χ1) is 10.6. The van der Waals surface area contributed by atoms with Gasteiger partial charge in [0.25, 0.3) is 0 Å². The van der Waals surface area contributed by atoms with Gasteiger partial charge in [0.2, 0.25) is 0 Å². The quantitative estimate of drug-likeness (QED) is 0.405. The van der Waals surface area contributed by atoms with Crippen LogP contribution in [0.4, 0.5) is 0 Å². The van der Waals surface area contributed by atoms with Crippen LogP contribution in [0.15, 0.2) is 0 Å². The third-order valence-corrected chi connectivity index (χ3v) is 9.58. The van der Waals surface area contributed by atoms with E-state index < -0.39 is 27.9 Å². The van der Waals surface area contributed by atoms with Crippen molar-refractivity contribution in [3.63, 3.8) is 0 Å². The largest absolute Gasteiger partial charge is 0.400 e. The summed E-state index contributed by atoms with van der Waals surface area (Å²) in [6, 6.07) is 3.11. The van der Waals surface area contributed by atoms with Gasteiger partial charge in [-0.2, -0.15) is 0 Å². The maximum atomic E-state index is 5.42. The lowest BCUT2D eigenvalue weighted by Crippen LogP contribution is -2.24. The third-order valence-electron chi connectivity index (χ3n) is 4.01. The van der Waals surface area contributed by atoms with Crippen LogP contribution in [0.25, 0.3) is 0 Å². The van der Waals surface area contributed by atoms with Crippen LogP contribution in [-0.4, -0.2) is 70.5 Å². The van der Waals surface area contributed by atoms with Gasteiger partial charge in [0.15, 0.2) is 0 Å². The zero-order chi connectivity index (χ0) is 16.8. The highest BCUT2D eigenvalue weighted by Crippen LogP contribution is 2.24. The van der Waals surface area contributed by atoms with Gasteiger partial charge in [-0.15, -0.1) is 0 Å². The van der Waals surface area contributed by atoms with Crippen molar-refractivity contribution in [1.29, 1.82) is 0 Å². The molecule has 22 heavy (non-hydrogen) atoms. The summed E-state index contributed by atoms with van der Waals surface area (Å²) in [5.41, 5.74) is 0. The average Bonchev–Trinajstić information content (AvgIpc) is 2.56. The standard InChI is InChI=1S/C13H34O6Si3/c1-14-20(15-2)10-7-13(8-11-21(16-3)17-4)9-12-22(18-5)19-6/h13,20-22H,7-12H2,1-6H3. The van der Waals surface area contributed by atoms with Gasteiger partial charge in [0.05, 0.1) is 0 Å². The molecule has 134 valence electrons. The van der Waals surface area contributed by atoms with Gasteiger partial charge in [-0.05, 0) is 43.3 Å². The molecule has 0 fully saturated rings. The van der Waals surface area contributed by atoms with Crippen LogP contribution in [0.2, 0.25) is 18.1 Å². The summed E-state index contributed by atoms with van der Waals surface area (Å²) >= 11 is 0. The van der Waals surface area contributed by atoms with Crippen LogP contribution >= 0.6 is 0 Å². The highest BCUT2D eigenvalue weighted by Gasteiger charge is 2.20. The lowest BCUT2D eigenvalue weighted by molar-refractivity contribution is 0.261. The maximum Gasteiger partial charge on any atom is 0.320 e. The Morgan fingerprint density at radius 3 is 0.909 bits per heavy atom. The number of hydrogen-bond donors (Lipinski definition) is 0. The topological polar surface area (TPSA) is 55.4 Å². The Balaban J connectivity index is 4.34. The zero-order valence-corrected chi connectivity index (χ0v) is 18.5. The summed E-state index contributed by atoms with van der Waals surface area (Å²) in [6.07, 6.45) is 3.38. The molecule has 0 aromatic heterocycles. The van der Waals surface area contributed by atoms with Crippen LogP contribution in [0.3, 0.4) is 0 Å². The van der Waals surface area contributed by atoms with Gasteiger partial charge in [0, 0.05) is 42.7 Å². The minimum absolute atomic E-state index is 0.626.